The van der Waals surface area contributed by atoms with Crippen LogP contribution in [0.2, 0.25) is 0 Å². The molecule has 1 saturated heterocycles. The van der Waals surface area contributed by atoms with Crippen LogP contribution in [-0.4, -0.2) is 57.5 Å². The maximum Gasteiger partial charge on any atom is 0.152 e. The molecule has 1 unspecified atom stereocenters. The van der Waals surface area contributed by atoms with E-state index in [1.807, 2.05) is 25.1 Å². The number of carbonyl (C=O) groups excluding carboxylic acids is 1. The Kier molecular flexibility index (Phi) is 6.98. The van der Waals surface area contributed by atoms with E-state index in [0.29, 0.717) is 37.3 Å². The summed E-state index contributed by atoms with van der Waals surface area (Å²) >= 11 is 0. The maximum atomic E-state index is 12.5. The zero-order valence-electron chi connectivity index (χ0n) is 18.5. The van der Waals surface area contributed by atoms with Crippen LogP contribution in [0, 0.1) is 18.8 Å². The van der Waals surface area contributed by atoms with Crippen molar-refractivity contribution >= 4 is 22.5 Å². The third-order valence-corrected chi connectivity index (χ3v) is 6.96. The molecule has 0 spiro atoms. The lowest BCUT2D eigenvalue weighted by Crippen LogP contribution is -2.53. The van der Waals surface area contributed by atoms with Gasteiger partial charge in [-0.05, 0) is 63.0 Å². The molecular weight excluding hydrogens is 388 g/mol. The lowest BCUT2D eigenvalue weighted by Gasteiger charge is -2.47. The van der Waals surface area contributed by atoms with Crippen molar-refractivity contribution in [2.24, 2.45) is 11.8 Å². The highest BCUT2D eigenvalue weighted by Gasteiger charge is 2.36. The molecule has 4 rings (SSSR count). The second-order valence-corrected chi connectivity index (χ2v) is 9.32. The number of aromatic nitrogens is 2. The van der Waals surface area contributed by atoms with Crippen molar-refractivity contribution in [2.45, 2.75) is 57.6 Å². The highest BCUT2D eigenvalue weighted by molar-refractivity contribution is 5.91. The van der Waals surface area contributed by atoms with Gasteiger partial charge in [0.25, 0.3) is 0 Å². The number of Topliss-reactive ketones (excluding diaryl/α,β-unsaturated/α-hetero) is 1. The first-order valence-electron chi connectivity index (χ1n) is 11.5. The van der Waals surface area contributed by atoms with E-state index in [-0.39, 0.29) is 11.9 Å². The number of aliphatic hydroxyl groups excluding tert-OH is 1. The van der Waals surface area contributed by atoms with Crippen molar-refractivity contribution < 1.29 is 9.90 Å². The topological polar surface area (TPSA) is 78.4 Å². The summed E-state index contributed by atoms with van der Waals surface area (Å²) in [4.78, 5) is 23.7. The van der Waals surface area contributed by atoms with Gasteiger partial charge in [0.15, 0.2) is 5.78 Å². The molecule has 31 heavy (non-hydrogen) atoms. The number of nitrogens with one attached hydrogen (secondary N) is 1. The molecule has 2 fully saturated rings. The van der Waals surface area contributed by atoms with E-state index in [4.69, 9.17) is 0 Å². The van der Waals surface area contributed by atoms with Gasteiger partial charge in [-0.2, -0.15) is 0 Å². The van der Waals surface area contributed by atoms with Crippen molar-refractivity contribution in [1.29, 1.82) is 0 Å². The summed E-state index contributed by atoms with van der Waals surface area (Å²) < 4.78 is 0. The summed E-state index contributed by atoms with van der Waals surface area (Å²) in [5.41, 5.74) is 2.03. The first kappa shape index (κ1) is 21.9. The van der Waals surface area contributed by atoms with Crippen molar-refractivity contribution in [1.82, 2.24) is 14.9 Å². The van der Waals surface area contributed by atoms with Gasteiger partial charge < -0.3 is 10.4 Å². The minimum Gasteiger partial charge on any atom is -0.393 e. The molecule has 0 radical (unpaired) electrons. The van der Waals surface area contributed by atoms with Crippen LogP contribution < -0.4 is 5.32 Å². The largest absolute Gasteiger partial charge is 0.393 e. The van der Waals surface area contributed by atoms with Crippen molar-refractivity contribution in [3.05, 3.63) is 42.7 Å². The Hall–Kier alpha value is -2.31. The molecule has 1 aliphatic carbocycles. The first-order valence-corrected chi connectivity index (χ1v) is 11.5. The summed E-state index contributed by atoms with van der Waals surface area (Å²) in [6.45, 7) is 8.12. The molecule has 0 amide bonds. The Balaban J connectivity index is 1.19. The number of carbonyl (C=O) groups is 1. The van der Waals surface area contributed by atoms with E-state index >= 15 is 0 Å². The van der Waals surface area contributed by atoms with E-state index in [9.17, 15) is 9.90 Å². The third kappa shape index (κ3) is 5.31. The van der Waals surface area contributed by atoms with Crippen molar-refractivity contribution in [2.75, 3.05) is 25.0 Å². The molecule has 0 bridgehead atoms. The maximum absolute atomic E-state index is 12.5. The summed E-state index contributed by atoms with van der Waals surface area (Å²) in [5.74, 6) is 1.84. The molecule has 2 aliphatic rings. The smallest absolute Gasteiger partial charge is 0.152 e. The molecule has 1 aromatic carbocycles. The number of aryl methyl sites for hydroxylation is 1. The Morgan fingerprint density at radius 2 is 2.06 bits per heavy atom. The number of anilines is 1. The first-order chi connectivity index (χ1) is 15.0. The van der Waals surface area contributed by atoms with Crippen LogP contribution in [0.4, 0.5) is 5.82 Å². The number of hydrogen-bond acceptors (Lipinski definition) is 6. The van der Waals surface area contributed by atoms with Gasteiger partial charge in [0.05, 0.1) is 18.2 Å². The van der Waals surface area contributed by atoms with Gasteiger partial charge >= 0.3 is 0 Å². The normalized spacial score (nSPS) is 23.3. The Morgan fingerprint density at radius 3 is 2.81 bits per heavy atom. The monoisotopic (exact) mass is 422 g/mol. The average molecular weight is 423 g/mol. The van der Waals surface area contributed by atoms with E-state index in [1.54, 1.807) is 6.33 Å². The molecule has 6 heteroatoms. The predicted octanol–water partition coefficient (Wildman–Crippen LogP) is 3.74. The molecule has 2 aromatic rings. The second-order valence-electron chi connectivity index (χ2n) is 9.32. The quantitative estimate of drug-likeness (QED) is 0.600. The van der Waals surface area contributed by atoms with Crippen LogP contribution in [0.25, 0.3) is 10.9 Å². The average Bonchev–Trinajstić information content (AvgIpc) is 2.75. The van der Waals surface area contributed by atoms with Crippen LogP contribution >= 0.6 is 0 Å². The number of hydrogen-bond donors (Lipinski definition) is 2. The fourth-order valence-corrected chi connectivity index (χ4v) is 5.14. The lowest BCUT2D eigenvalue weighted by molar-refractivity contribution is -0.120. The number of ketones is 1. The fraction of sp³-hybridized carbons (Fsp3) is 0.560. The SMILES string of the molecule is C=CCC(O)C1CCC(N2CC(CC(=O)CNc3ncnc4ccc(C)cc34)C2)CC1. The van der Waals surface area contributed by atoms with Gasteiger partial charge in [0, 0.05) is 30.9 Å². The molecule has 2 heterocycles. The van der Waals surface area contributed by atoms with Gasteiger partial charge in [0.1, 0.15) is 12.1 Å². The number of rotatable bonds is 9. The number of aliphatic hydroxyl groups is 1. The zero-order chi connectivity index (χ0) is 21.8. The minimum atomic E-state index is -0.233. The number of benzene rings is 1. The van der Waals surface area contributed by atoms with Crippen molar-refractivity contribution in [3.8, 4) is 0 Å². The fourth-order valence-electron chi connectivity index (χ4n) is 5.14. The van der Waals surface area contributed by atoms with Crippen LogP contribution in [0.1, 0.15) is 44.1 Å². The molecule has 166 valence electrons. The summed E-state index contributed by atoms with van der Waals surface area (Å²) in [7, 11) is 0. The zero-order valence-corrected chi connectivity index (χ0v) is 18.5. The molecular formula is C25H34N4O2. The molecule has 1 saturated carbocycles. The van der Waals surface area contributed by atoms with E-state index in [0.717, 1.165) is 61.1 Å². The lowest BCUT2D eigenvalue weighted by atomic mass is 9.79. The minimum absolute atomic E-state index is 0.233. The molecule has 1 atom stereocenters. The predicted molar refractivity (Wildman–Crippen MR) is 124 cm³/mol. The second kappa shape index (κ2) is 9.88. The molecule has 1 aliphatic heterocycles. The summed E-state index contributed by atoms with van der Waals surface area (Å²) in [5, 5.41) is 14.4. The Bertz CT molecular complexity index is 917. The van der Waals surface area contributed by atoms with Gasteiger partial charge in [-0.15, -0.1) is 6.58 Å². The number of likely N-dealkylation sites (tertiary alicyclic amines) is 1. The summed E-state index contributed by atoms with van der Waals surface area (Å²) in [6, 6.07) is 6.68. The van der Waals surface area contributed by atoms with E-state index < -0.39 is 0 Å². The summed E-state index contributed by atoms with van der Waals surface area (Å²) in [6.07, 6.45) is 8.94. The van der Waals surface area contributed by atoms with Crippen molar-refractivity contribution in [3.63, 3.8) is 0 Å². The highest BCUT2D eigenvalue weighted by Crippen LogP contribution is 2.34. The van der Waals surface area contributed by atoms with Crippen LogP contribution in [-0.2, 0) is 4.79 Å². The highest BCUT2D eigenvalue weighted by atomic mass is 16.3. The van der Waals surface area contributed by atoms with Gasteiger partial charge in [-0.25, -0.2) is 9.97 Å². The number of nitrogens with zero attached hydrogens (tertiary/aromatic N) is 3. The number of fused-ring (bicyclic) bond motifs is 1. The van der Waals surface area contributed by atoms with Gasteiger partial charge in [-0.3, -0.25) is 9.69 Å². The van der Waals surface area contributed by atoms with Gasteiger partial charge in [0.2, 0.25) is 0 Å². The van der Waals surface area contributed by atoms with E-state index in [1.165, 1.54) is 0 Å². The van der Waals surface area contributed by atoms with Gasteiger partial charge in [-0.1, -0.05) is 17.7 Å². The third-order valence-electron chi connectivity index (χ3n) is 6.96. The molecule has 1 aromatic heterocycles. The molecule has 6 nitrogen and oxygen atoms in total. The Morgan fingerprint density at radius 1 is 1.29 bits per heavy atom. The molecule has 2 N–H and O–H groups in total. The van der Waals surface area contributed by atoms with E-state index in [2.05, 4.69) is 32.8 Å². The van der Waals surface area contributed by atoms with Crippen LogP contribution in [0.15, 0.2) is 37.2 Å². The standard InChI is InChI=1S/C25H34N4O2/c1-3-4-24(31)19-6-8-20(9-7-19)29-14-18(15-29)12-21(30)13-26-25-22-11-17(2)5-10-23(22)27-16-28-25/h3,5,10-11,16,18-20,24,31H,1,4,6-9,12-15H2,2H3,(H,26,27,28). The van der Waals surface area contributed by atoms with Crippen LogP contribution in [0.3, 0.4) is 0 Å². The Labute approximate surface area is 184 Å². The van der Waals surface area contributed by atoms with Crippen LogP contribution in [0.5, 0.6) is 0 Å².